The van der Waals surface area contributed by atoms with Gasteiger partial charge in [-0.1, -0.05) is 13.8 Å². The molecule has 3 heterocycles. The minimum Gasteiger partial charge on any atom is -0.343 e. The number of carbonyl (C=O) groups excluding carboxylic acids is 1. The third kappa shape index (κ3) is 3.32. The Morgan fingerprint density at radius 2 is 2.17 bits per heavy atom. The molecule has 0 aromatic carbocycles. The summed E-state index contributed by atoms with van der Waals surface area (Å²) in [6, 6.07) is 2.00. The predicted octanol–water partition coefficient (Wildman–Crippen LogP) is 2.93. The number of carbonyl (C=O) groups is 1. The molecule has 1 saturated heterocycles. The second-order valence-electron chi connectivity index (χ2n) is 6.45. The lowest BCUT2D eigenvalue weighted by molar-refractivity contribution is -0.134. The van der Waals surface area contributed by atoms with E-state index in [0.29, 0.717) is 5.91 Å². The number of likely N-dealkylation sites (tertiary alicyclic amines) is 1. The Morgan fingerprint density at radius 3 is 2.83 bits per heavy atom. The van der Waals surface area contributed by atoms with E-state index < -0.39 is 0 Å². The molecule has 128 valence electrons. The van der Waals surface area contributed by atoms with Crippen LogP contribution in [-0.2, 0) is 4.79 Å². The number of aryl methyl sites for hydroxylation is 1. The van der Waals surface area contributed by atoms with Gasteiger partial charge in [0.2, 0.25) is 5.91 Å². The van der Waals surface area contributed by atoms with Gasteiger partial charge in [0.05, 0.1) is 0 Å². The Kier molecular flexibility index (Phi) is 4.92. The lowest BCUT2D eigenvalue weighted by Crippen LogP contribution is -2.33. The minimum absolute atomic E-state index is 0.148. The van der Waals surface area contributed by atoms with Gasteiger partial charge in [0.15, 0.2) is 5.82 Å². The first kappa shape index (κ1) is 16.6. The monoisotopic (exact) mass is 327 g/mol. The Hall–Kier alpha value is -2.24. The standard InChI is InChI=1S/C18H25N5O/c1-4-13(5-2)18(24)23-9-6-14(11-23)15-10-16(22-12(3)21-15)17-19-7-8-20-17/h7-8,10,13-14H,4-6,9,11H2,1-3H3,(H,19,20). The molecule has 2 aromatic rings. The average molecular weight is 327 g/mol. The molecule has 1 fully saturated rings. The largest absolute Gasteiger partial charge is 0.343 e. The van der Waals surface area contributed by atoms with Crippen molar-refractivity contribution in [3.8, 4) is 11.5 Å². The summed E-state index contributed by atoms with van der Waals surface area (Å²) in [6.07, 6.45) is 6.29. The molecule has 6 nitrogen and oxygen atoms in total. The van der Waals surface area contributed by atoms with E-state index in [0.717, 1.165) is 55.4 Å². The maximum atomic E-state index is 12.6. The SMILES string of the molecule is CCC(CC)C(=O)N1CCC(c2cc(-c3ncc[nH]3)nc(C)n2)C1. The van der Waals surface area contributed by atoms with Gasteiger partial charge >= 0.3 is 0 Å². The normalized spacial score (nSPS) is 17.7. The van der Waals surface area contributed by atoms with Gasteiger partial charge in [-0.2, -0.15) is 0 Å². The molecule has 2 aromatic heterocycles. The van der Waals surface area contributed by atoms with Crippen LogP contribution in [0.25, 0.3) is 11.5 Å². The molecule has 1 N–H and O–H groups in total. The van der Waals surface area contributed by atoms with Gasteiger partial charge in [-0.05, 0) is 32.3 Å². The van der Waals surface area contributed by atoms with Crippen LogP contribution in [0.4, 0.5) is 0 Å². The van der Waals surface area contributed by atoms with E-state index >= 15 is 0 Å². The third-order valence-corrected chi connectivity index (χ3v) is 4.85. The van der Waals surface area contributed by atoms with Crippen LogP contribution < -0.4 is 0 Å². The van der Waals surface area contributed by atoms with Gasteiger partial charge in [0, 0.05) is 43.0 Å². The second kappa shape index (κ2) is 7.11. The van der Waals surface area contributed by atoms with Crippen LogP contribution in [0.15, 0.2) is 18.5 Å². The zero-order valence-electron chi connectivity index (χ0n) is 14.6. The van der Waals surface area contributed by atoms with E-state index in [2.05, 4.69) is 33.8 Å². The third-order valence-electron chi connectivity index (χ3n) is 4.85. The van der Waals surface area contributed by atoms with Gasteiger partial charge in [0.1, 0.15) is 11.5 Å². The minimum atomic E-state index is 0.148. The van der Waals surface area contributed by atoms with Gasteiger partial charge < -0.3 is 9.88 Å². The van der Waals surface area contributed by atoms with Gasteiger partial charge in [-0.15, -0.1) is 0 Å². The molecule has 0 aliphatic carbocycles. The molecule has 0 saturated carbocycles. The molecule has 1 aliphatic rings. The predicted molar refractivity (Wildman–Crippen MR) is 92.4 cm³/mol. The van der Waals surface area contributed by atoms with Crippen molar-refractivity contribution in [3.63, 3.8) is 0 Å². The van der Waals surface area contributed by atoms with E-state index in [1.165, 1.54) is 0 Å². The quantitative estimate of drug-likeness (QED) is 0.916. The van der Waals surface area contributed by atoms with Crippen molar-refractivity contribution in [2.24, 2.45) is 5.92 Å². The van der Waals surface area contributed by atoms with Crippen LogP contribution in [0, 0.1) is 12.8 Å². The fourth-order valence-electron chi connectivity index (χ4n) is 3.42. The number of nitrogens with zero attached hydrogens (tertiary/aromatic N) is 4. The summed E-state index contributed by atoms with van der Waals surface area (Å²) in [4.78, 5) is 31.0. The Labute approximate surface area is 142 Å². The van der Waals surface area contributed by atoms with Crippen molar-refractivity contribution in [2.75, 3.05) is 13.1 Å². The Morgan fingerprint density at radius 1 is 1.38 bits per heavy atom. The molecule has 6 heteroatoms. The van der Waals surface area contributed by atoms with Gasteiger partial charge in [-0.25, -0.2) is 15.0 Å². The summed E-state index contributed by atoms with van der Waals surface area (Å²) in [5, 5.41) is 0. The summed E-state index contributed by atoms with van der Waals surface area (Å²) in [7, 11) is 0. The first-order valence-corrected chi connectivity index (χ1v) is 8.76. The average Bonchev–Trinajstić information content (AvgIpc) is 3.27. The van der Waals surface area contributed by atoms with Crippen molar-refractivity contribution < 1.29 is 4.79 Å². The number of rotatable bonds is 5. The first-order valence-electron chi connectivity index (χ1n) is 8.76. The van der Waals surface area contributed by atoms with E-state index in [4.69, 9.17) is 0 Å². The number of imidazole rings is 1. The van der Waals surface area contributed by atoms with Crippen LogP contribution in [-0.4, -0.2) is 43.8 Å². The van der Waals surface area contributed by atoms with Crippen LogP contribution in [0.2, 0.25) is 0 Å². The molecule has 3 rings (SSSR count). The number of H-pyrrole nitrogens is 1. The molecule has 1 amide bonds. The number of aromatic amines is 1. The summed E-state index contributed by atoms with van der Waals surface area (Å²) >= 11 is 0. The maximum absolute atomic E-state index is 12.6. The van der Waals surface area contributed by atoms with Crippen molar-refractivity contribution in [3.05, 3.63) is 30.0 Å². The van der Waals surface area contributed by atoms with Crippen LogP contribution in [0.1, 0.15) is 50.5 Å². The Balaban J connectivity index is 1.77. The summed E-state index contributed by atoms with van der Waals surface area (Å²) in [5.41, 5.74) is 1.82. The molecular weight excluding hydrogens is 302 g/mol. The zero-order valence-corrected chi connectivity index (χ0v) is 14.6. The van der Waals surface area contributed by atoms with E-state index in [9.17, 15) is 4.79 Å². The number of hydrogen-bond acceptors (Lipinski definition) is 4. The lowest BCUT2D eigenvalue weighted by Gasteiger charge is -2.21. The van der Waals surface area contributed by atoms with E-state index in [-0.39, 0.29) is 11.8 Å². The van der Waals surface area contributed by atoms with Crippen molar-refractivity contribution >= 4 is 5.91 Å². The fraction of sp³-hybridized carbons (Fsp3) is 0.556. The summed E-state index contributed by atoms with van der Waals surface area (Å²) in [5.74, 6) is 2.21. The molecular formula is C18H25N5O. The van der Waals surface area contributed by atoms with Crippen LogP contribution in [0.3, 0.4) is 0 Å². The summed E-state index contributed by atoms with van der Waals surface area (Å²) < 4.78 is 0. The smallest absolute Gasteiger partial charge is 0.225 e. The maximum Gasteiger partial charge on any atom is 0.225 e. The summed E-state index contributed by atoms with van der Waals surface area (Å²) in [6.45, 7) is 7.65. The molecule has 1 atom stereocenters. The highest BCUT2D eigenvalue weighted by Gasteiger charge is 2.31. The molecule has 1 unspecified atom stereocenters. The Bertz CT molecular complexity index is 693. The molecule has 0 bridgehead atoms. The number of amides is 1. The number of hydrogen-bond donors (Lipinski definition) is 1. The molecule has 1 aliphatic heterocycles. The topological polar surface area (TPSA) is 74.8 Å². The zero-order chi connectivity index (χ0) is 17.1. The molecule has 0 spiro atoms. The molecule has 0 radical (unpaired) electrons. The van der Waals surface area contributed by atoms with Crippen LogP contribution in [0.5, 0.6) is 0 Å². The van der Waals surface area contributed by atoms with Crippen molar-refractivity contribution in [1.82, 2.24) is 24.8 Å². The van der Waals surface area contributed by atoms with Crippen molar-refractivity contribution in [2.45, 2.75) is 46.0 Å². The highest BCUT2D eigenvalue weighted by molar-refractivity contribution is 5.79. The fourth-order valence-corrected chi connectivity index (χ4v) is 3.42. The highest BCUT2D eigenvalue weighted by atomic mass is 16.2. The number of nitrogens with one attached hydrogen (secondary N) is 1. The van der Waals surface area contributed by atoms with Crippen molar-refractivity contribution in [1.29, 1.82) is 0 Å². The van der Waals surface area contributed by atoms with Gasteiger partial charge in [-0.3, -0.25) is 4.79 Å². The molecule has 24 heavy (non-hydrogen) atoms. The highest BCUT2D eigenvalue weighted by Crippen LogP contribution is 2.29. The van der Waals surface area contributed by atoms with Crippen LogP contribution >= 0.6 is 0 Å². The van der Waals surface area contributed by atoms with E-state index in [1.807, 2.05) is 17.9 Å². The van der Waals surface area contributed by atoms with Gasteiger partial charge in [0.25, 0.3) is 0 Å². The second-order valence-corrected chi connectivity index (χ2v) is 6.45. The van der Waals surface area contributed by atoms with E-state index in [1.54, 1.807) is 12.4 Å². The number of aromatic nitrogens is 4. The lowest BCUT2D eigenvalue weighted by atomic mass is 10.0. The first-order chi connectivity index (χ1) is 11.6.